The lowest BCUT2D eigenvalue weighted by Gasteiger charge is -2.06. The van der Waals surface area contributed by atoms with Crippen LogP contribution in [0.2, 0.25) is 0 Å². The highest BCUT2D eigenvalue weighted by Gasteiger charge is 2.03. The molecule has 0 aliphatic carbocycles. The first kappa shape index (κ1) is 16.1. The fourth-order valence-corrected chi connectivity index (χ4v) is 2.62. The van der Waals surface area contributed by atoms with E-state index in [1.165, 1.54) is 23.9 Å². The molecule has 2 aromatic carbocycles. The Morgan fingerprint density at radius 2 is 1.73 bits per heavy atom. The van der Waals surface area contributed by atoms with Crippen LogP contribution in [0.25, 0.3) is 0 Å². The van der Waals surface area contributed by atoms with E-state index in [1.54, 1.807) is 24.3 Å². The fraction of sp³-hybridized carbons (Fsp3) is 0.176. The van der Waals surface area contributed by atoms with E-state index in [0.29, 0.717) is 23.6 Å². The molecule has 1 amide bonds. The molecule has 1 N–H and O–H groups in total. The van der Waals surface area contributed by atoms with Crippen LogP contribution in [0.4, 0.5) is 10.1 Å². The molecule has 2 rings (SSSR count). The second kappa shape index (κ2) is 8.20. The van der Waals surface area contributed by atoms with Gasteiger partial charge in [0.25, 0.3) is 0 Å². The van der Waals surface area contributed by atoms with Crippen molar-refractivity contribution >= 4 is 23.4 Å². The van der Waals surface area contributed by atoms with Gasteiger partial charge in [-0.3, -0.25) is 4.79 Å². The van der Waals surface area contributed by atoms with Crippen molar-refractivity contribution < 1.29 is 9.18 Å². The quantitative estimate of drug-likeness (QED) is 0.883. The predicted molar refractivity (Wildman–Crippen MR) is 87.0 cm³/mol. The maximum absolute atomic E-state index is 12.8. The van der Waals surface area contributed by atoms with E-state index >= 15 is 0 Å². The van der Waals surface area contributed by atoms with Gasteiger partial charge >= 0.3 is 0 Å². The molecule has 0 saturated carbocycles. The molecule has 0 heterocycles. The molecule has 0 aliphatic rings. The topological polar surface area (TPSA) is 52.9 Å². The minimum absolute atomic E-state index is 0.0832. The molecule has 0 spiro atoms. The van der Waals surface area contributed by atoms with Gasteiger partial charge in [0.1, 0.15) is 5.82 Å². The zero-order chi connectivity index (χ0) is 15.8. The van der Waals surface area contributed by atoms with Gasteiger partial charge < -0.3 is 5.32 Å². The van der Waals surface area contributed by atoms with Crippen molar-refractivity contribution in [3.8, 4) is 6.07 Å². The number of nitrogens with zero attached hydrogens (tertiary/aromatic N) is 1. The number of carbonyl (C=O) groups is 1. The Bertz CT molecular complexity index is 663. The normalized spacial score (nSPS) is 10.0. The van der Waals surface area contributed by atoms with Gasteiger partial charge in [-0.25, -0.2) is 4.39 Å². The van der Waals surface area contributed by atoms with Crippen LogP contribution in [0.15, 0.2) is 48.5 Å². The Morgan fingerprint density at radius 1 is 1.09 bits per heavy atom. The number of nitriles is 1. The van der Waals surface area contributed by atoms with Gasteiger partial charge in [0.05, 0.1) is 18.2 Å². The summed E-state index contributed by atoms with van der Waals surface area (Å²) in [4.78, 5) is 11.8. The number of rotatable bonds is 6. The summed E-state index contributed by atoms with van der Waals surface area (Å²) in [6.45, 7) is 0. The largest absolute Gasteiger partial charge is 0.325 e. The second-order valence-corrected chi connectivity index (χ2v) is 5.68. The van der Waals surface area contributed by atoms with E-state index in [1.807, 2.05) is 12.1 Å². The predicted octanol–water partition coefficient (Wildman–Crippen LogP) is 3.76. The molecule has 2 aromatic rings. The average Bonchev–Trinajstić information content (AvgIpc) is 2.51. The Kier molecular flexibility index (Phi) is 5.99. The van der Waals surface area contributed by atoms with Crippen LogP contribution in [0.1, 0.15) is 11.1 Å². The molecule has 22 heavy (non-hydrogen) atoms. The van der Waals surface area contributed by atoms with Gasteiger partial charge in [0, 0.05) is 11.4 Å². The summed E-state index contributed by atoms with van der Waals surface area (Å²) < 4.78 is 12.8. The number of hydrogen-bond donors (Lipinski definition) is 1. The van der Waals surface area contributed by atoms with E-state index in [0.717, 1.165) is 11.1 Å². The van der Waals surface area contributed by atoms with Crippen LogP contribution in [-0.2, 0) is 17.0 Å². The summed E-state index contributed by atoms with van der Waals surface area (Å²) in [6, 6.07) is 15.6. The van der Waals surface area contributed by atoms with Gasteiger partial charge in [-0.2, -0.15) is 5.26 Å². The van der Waals surface area contributed by atoms with Crippen molar-refractivity contribution in [2.45, 2.75) is 12.2 Å². The maximum atomic E-state index is 12.8. The highest BCUT2D eigenvalue weighted by atomic mass is 32.2. The minimum atomic E-state index is -0.258. The Labute approximate surface area is 133 Å². The first-order valence-corrected chi connectivity index (χ1v) is 7.91. The first-order valence-electron chi connectivity index (χ1n) is 6.75. The van der Waals surface area contributed by atoms with E-state index in [2.05, 4.69) is 11.4 Å². The molecule has 0 saturated heterocycles. The number of hydrogen-bond acceptors (Lipinski definition) is 3. The summed E-state index contributed by atoms with van der Waals surface area (Å²) in [5, 5.41) is 11.4. The van der Waals surface area contributed by atoms with Gasteiger partial charge in [0.2, 0.25) is 5.91 Å². The molecule has 0 fully saturated rings. The number of thioether (sulfide) groups is 1. The SMILES string of the molecule is N#CCc1ccc(NC(=O)CSCc2ccc(F)cc2)cc1. The number of anilines is 1. The molecule has 0 aromatic heterocycles. The first-order chi connectivity index (χ1) is 10.7. The highest BCUT2D eigenvalue weighted by molar-refractivity contribution is 7.99. The van der Waals surface area contributed by atoms with Crippen LogP contribution in [0.5, 0.6) is 0 Å². The molecule has 112 valence electrons. The highest BCUT2D eigenvalue weighted by Crippen LogP contribution is 2.14. The molecule has 0 aliphatic heterocycles. The van der Waals surface area contributed by atoms with Crippen LogP contribution in [0.3, 0.4) is 0 Å². The Morgan fingerprint density at radius 3 is 2.36 bits per heavy atom. The molecule has 0 unspecified atom stereocenters. The third-order valence-electron chi connectivity index (χ3n) is 2.94. The van der Waals surface area contributed by atoms with Crippen LogP contribution >= 0.6 is 11.8 Å². The molecule has 5 heteroatoms. The second-order valence-electron chi connectivity index (χ2n) is 4.70. The summed E-state index contributed by atoms with van der Waals surface area (Å²) in [7, 11) is 0. The standard InChI is InChI=1S/C17H15FN2OS/c18-15-5-1-14(2-6-15)11-22-12-17(21)20-16-7-3-13(4-8-16)9-10-19/h1-8H,9,11-12H2,(H,20,21). The van der Waals surface area contributed by atoms with E-state index in [-0.39, 0.29) is 11.7 Å². The van der Waals surface area contributed by atoms with E-state index in [4.69, 9.17) is 5.26 Å². The maximum Gasteiger partial charge on any atom is 0.234 e. The van der Waals surface area contributed by atoms with Crippen molar-refractivity contribution in [2.24, 2.45) is 0 Å². The van der Waals surface area contributed by atoms with Gasteiger partial charge in [-0.05, 0) is 35.4 Å². The minimum Gasteiger partial charge on any atom is -0.325 e. The molecular formula is C17H15FN2OS. The summed E-state index contributed by atoms with van der Waals surface area (Å²) in [5.74, 6) is 0.651. The van der Waals surface area contributed by atoms with Crippen molar-refractivity contribution in [3.63, 3.8) is 0 Å². The number of halogens is 1. The monoisotopic (exact) mass is 314 g/mol. The summed E-state index contributed by atoms with van der Waals surface area (Å²) in [5.41, 5.74) is 2.63. The van der Waals surface area contributed by atoms with Crippen molar-refractivity contribution in [1.29, 1.82) is 5.26 Å². The van der Waals surface area contributed by atoms with Crippen LogP contribution < -0.4 is 5.32 Å². The number of carbonyl (C=O) groups excluding carboxylic acids is 1. The number of amides is 1. The zero-order valence-corrected chi connectivity index (χ0v) is 12.7. The van der Waals surface area contributed by atoms with E-state index in [9.17, 15) is 9.18 Å². The van der Waals surface area contributed by atoms with Crippen molar-refractivity contribution in [3.05, 3.63) is 65.5 Å². The van der Waals surface area contributed by atoms with Crippen LogP contribution in [-0.4, -0.2) is 11.7 Å². The Balaban J connectivity index is 1.75. The molecule has 3 nitrogen and oxygen atoms in total. The number of nitrogens with one attached hydrogen (secondary N) is 1. The molecule has 0 atom stereocenters. The molecule has 0 bridgehead atoms. The lowest BCUT2D eigenvalue weighted by Crippen LogP contribution is -2.14. The van der Waals surface area contributed by atoms with Crippen LogP contribution in [0, 0.1) is 17.1 Å². The molecular weight excluding hydrogens is 299 g/mol. The lowest BCUT2D eigenvalue weighted by atomic mass is 10.1. The van der Waals surface area contributed by atoms with Gasteiger partial charge in [0.15, 0.2) is 0 Å². The van der Waals surface area contributed by atoms with E-state index < -0.39 is 0 Å². The average molecular weight is 314 g/mol. The van der Waals surface area contributed by atoms with Gasteiger partial charge in [-0.1, -0.05) is 24.3 Å². The third-order valence-corrected chi connectivity index (χ3v) is 3.94. The Hall–Kier alpha value is -2.32. The van der Waals surface area contributed by atoms with Crippen molar-refractivity contribution in [2.75, 3.05) is 11.1 Å². The number of benzene rings is 2. The zero-order valence-electron chi connectivity index (χ0n) is 11.9. The summed E-state index contributed by atoms with van der Waals surface area (Å²) in [6.07, 6.45) is 0.363. The molecule has 0 radical (unpaired) electrons. The van der Waals surface area contributed by atoms with Crippen molar-refractivity contribution in [1.82, 2.24) is 0 Å². The fourth-order valence-electron chi connectivity index (χ4n) is 1.84. The lowest BCUT2D eigenvalue weighted by molar-refractivity contribution is -0.113. The third kappa shape index (κ3) is 5.23. The smallest absolute Gasteiger partial charge is 0.234 e. The summed E-state index contributed by atoms with van der Waals surface area (Å²) >= 11 is 1.47. The van der Waals surface area contributed by atoms with Gasteiger partial charge in [-0.15, -0.1) is 11.8 Å².